The molecule has 0 unspecified atom stereocenters. The molecular formula is C13H18ClF3N2OSi. The van der Waals surface area contributed by atoms with E-state index >= 15 is 0 Å². The zero-order chi connectivity index (χ0) is 15.8. The van der Waals surface area contributed by atoms with Gasteiger partial charge in [0.1, 0.15) is 18.1 Å². The van der Waals surface area contributed by atoms with Crippen LogP contribution in [0.25, 0.3) is 11.0 Å². The highest BCUT2D eigenvalue weighted by Crippen LogP contribution is 2.38. The molecule has 0 aromatic carbocycles. The summed E-state index contributed by atoms with van der Waals surface area (Å²) in [5.74, 6) is 0. The van der Waals surface area contributed by atoms with E-state index in [0.29, 0.717) is 17.6 Å². The van der Waals surface area contributed by atoms with Crippen LogP contribution in [0.3, 0.4) is 0 Å². The van der Waals surface area contributed by atoms with Gasteiger partial charge in [0.05, 0.1) is 5.02 Å². The van der Waals surface area contributed by atoms with Gasteiger partial charge in [-0.15, -0.1) is 0 Å². The highest BCUT2D eigenvalue weighted by atomic mass is 35.5. The summed E-state index contributed by atoms with van der Waals surface area (Å²) in [4.78, 5) is 2.34. The molecule has 8 heteroatoms. The van der Waals surface area contributed by atoms with Crippen molar-refractivity contribution in [3.05, 3.63) is 23.0 Å². The number of aromatic amines is 1. The lowest BCUT2D eigenvalue weighted by atomic mass is 10.3. The van der Waals surface area contributed by atoms with Crippen molar-refractivity contribution in [2.45, 2.75) is 38.6 Å². The lowest BCUT2D eigenvalue weighted by Crippen LogP contribution is -2.22. The van der Waals surface area contributed by atoms with Gasteiger partial charge in [0, 0.05) is 26.3 Å². The zero-order valence-electron chi connectivity index (χ0n) is 12.1. The van der Waals surface area contributed by atoms with Gasteiger partial charge in [-0.05, 0) is 12.1 Å². The molecule has 21 heavy (non-hydrogen) atoms. The van der Waals surface area contributed by atoms with Crippen molar-refractivity contribution in [2.75, 3.05) is 6.61 Å². The number of alkyl halides is 3. The first-order chi connectivity index (χ1) is 9.59. The minimum absolute atomic E-state index is 0.210. The van der Waals surface area contributed by atoms with Crippen LogP contribution in [0.5, 0.6) is 0 Å². The second kappa shape index (κ2) is 5.70. The number of halogens is 4. The van der Waals surface area contributed by atoms with Crippen molar-refractivity contribution < 1.29 is 17.9 Å². The van der Waals surface area contributed by atoms with E-state index in [2.05, 4.69) is 24.6 Å². The molecule has 2 aromatic heterocycles. The summed E-state index contributed by atoms with van der Waals surface area (Å²) in [5.41, 5.74) is -0.578. The van der Waals surface area contributed by atoms with Crippen LogP contribution in [0.15, 0.2) is 12.3 Å². The molecule has 2 heterocycles. The Balaban J connectivity index is 2.11. The Bertz CT molecular complexity index is 628. The minimum atomic E-state index is -4.49. The molecule has 2 aromatic rings. The summed E-state index contributed by atoms with van der Waals surface area (Å²) in [6.45, 7) is 7.54. The lowest BCUT2D eigenvalue weighted by molar-refractivity contribution is -0.140. The number of nitrogens with one attached hydrogen (secondary N) is 1. The number of aromatic nitrogens is 2. The van der Waals surface area contributed by atoms with Gasteiger partial charge in [0.15, 0.2) is 0 Å². The number of rotatable bonds is 5. The molecular weight excluding hydrogens is 321 g/mol. The summed E-state index contributed by atoms with van der Waals surface area (Å²) in [6.07, 6.45) is -2.82. The van der Waals surface area contributed by atoms with Crippen molar-refractivity contribution in [1.29, 1.82) is 0 Å². The number of H-pyrrole nitrogens is 1. The number of fused-ring (bicyclic) bond motifs is 1. The fourth-order valence-electron chi connectivity index (χ4n) is 1.94. The van der Waals surface area contributed by atoms with E-state index in [1.807, 2.05) is 0 Å². The van der Waals surface area contributed by atoms with Crippen molar-refractivity contribution in [1.82, 2.24) is 9.55 Å². The van der Waals surface area contributed by atoms with Gasteiger partial charge < -0.3 is 14.3 Å². The van der Waals surface area contributed by atoms with Crippen LogP contribution in [0, 0.1) is 0 Å². The predicted molar refractivity (Wildman–Crippen MR) is 80.4 cm³/mol. The molecule has 3 nitrogen and oxygen atoms in total. The number of ether oxygens (including phenoxy) is 1. The Hall–Kier alpha value is -0.923. The molecule has 0 saturated heterocycles. The van der Waals surface area contributed by atoms with Crippen molar-refractivity contribution in [3.8, 4) is 0 Å². The predicted octanol–water partition coefficient (Wildman–Crippen LogP) is 4.95. The monoisotopic (exact) mass is 338 g/mol. The maximum Gasteiger partial charge on any atom is 0.432 e. The van der Waals surface area contributed by atoms with E-state index in [0.717, 1.165) is 6.04 Å². The van der Waals surface area contributed by atoms with Crippen LogP contribution < -0.4 is 0 Å². The molecule has 0 aliphatic rings. The SMILES string of the molecule is C[Si](C)(C)CCOCn1ccc2c(Cl)c(C(F)(F)F)[nH]c21. The number of hydrogen-bond acceptors (Lipinski definition) is 1. The molecule has 2 rings (SSSR count). The fraction of sp³-hybridized carbons (Fsp3) is 0.538. The van der Waals surface area contributed by atoms with Crippen LogP contribution in [0.2, 0.25) is 30.7 Å². The molecule has 0 saturated carbocycles. The topological polar surface area (TPSA) is 29.9 Å². The van der Waals surface area contributed by atoms with Gasteiger partial charge in [0.2, 0.25) is 0 Å². The zero-order valence-corrected chi connectivity index (χ0v) is 13.9. The minimum Gasteiger partial charge on any atom is -0.361 e. The average molecular weight is 339 g/mol. The first-order valence-corrected chi connectivity index (χ1v) is 10.7. The van der Waals surface area contributed by atoms with Crippen LogP contribution >= 0.6 is 11.6 Å². The first-order valence-electron chi connectivity index (χ1n) is 6.61. The van der Waals surface area contributed by atoms with Gasteiger partial charge in [-0.2, -0.15) is 13.2 Å². The van der Waals surface area contributed by atoms with Crippen LogP contribution in [0.1, 0.15) is 5.69 Å². The van der Waals surface area contributed by atoms with Crippen LogP contribution in [-0.4, -0.2) is 24.2 Å². The van der Waals surface area contributed by atoms with Crippen molar-refractivity contribution >= 4 is 30.7 Å². The van der Waals surface area contributed by atoms with Gasteiger partial charge in [-0.3, -0.25) is 0 Å². The van der Waals surface area contributed by atoms with Gasteiger partial charge in [-0.1, -0.05) is 31.2 Å². The van der Waals surface area contributed by atoms with E-state index < -0.39 is 19.9 Å². The molecule has 1 N–H and O–H groups in total. The third-order valence-electron chi connectivity index (χ3n) is 3.17. The maximum atomic E-state index is 12.8. The molecule has 0 amide bonds. The summed E-state index contributed by atoms with van der Waals surface area (Å²) in [6, 6.07) is 2.57. The summed E-state index contributed by atoms with van der Waals surface area (Å²) in [7, 11) is -1.17. The van der Waals surface area contributed by atoms with Gasteiger partial charge >= 0.3 is 6.18 Å². The smallest absolute Gasteiger partial charge is 0.361 e. The van der Waals surface area contributed by atoms with Crippen LogP contribution in [0.4, 0.5) is 13.2 Å². The molecule has 0 fully saturated rings. The highest BCUT2D eigenvalue weighted by Gasteiger charge is 2.36. The Morgan fingerprint density at radius 2 is 2.00 bits per heavy atom. The Morgan fingerprint density at radius 3 is 2.57 bits per heavy atom. The average Bonchev–Trinajstić information content (AvgIpc) is 2.84. The lowest BCUT2D eigenvalue weighted by Gasteiger charge is -2.15. The van der Waals surface area contributed by atoms with E-state index in [1.54, 1.807) is 16.8 Å². The third-order valence-corrected chi connectivity index (χ3v) is 5.27. The Labute approximate surface area is 127 Å². The number of hydrogen-bond donors (Lipinski definition) is 1. The second-order valence-electron chi connectivity index (χ2n) is 6.21. The first kappa shape index (κ1) is 16.4. The summed E-state index contributed by atoms with van der Waals surface area (Å²) >= 11 is 5.78. The highest BCUT2D eigenvalue weighted by molar-refractivity contribution is 6.76. The van der Waals surface area contributed by atoms with E-state index in [1.165, 1.54) is 0 Å². The van der Waals surface area contributed by atoms with Crippen molar-refractivity contribution in [2.24, 2.45) is 0 Å². The van der Waals surface area contributed by atoms with Gasteiger partial charge in [-0.25, -0.2) is 0 Å². The Morgan fingerprint density at radius 1 is 1.33 bits per heavy atom. The third kappa shape index (κ3) is 3.84. The van der Waals surface area contributed by atoms with Crippen LogP contribution in [-0.2, 0) is 17.6 Å². The summed E-state index contributed by atoms with van der Waals surface area (Å²) < 4.78 is 45.5. The molecule has 0 aliphatic carbocycles. The largest absolute Gasteiger partial charge is 0.432 e. The quantitative estimate of drug-likeness (QED) is 0.606. The Kier molecular flexibility index (Phi) is 4.46. The second-order valence-corrected chi connectivity index (χ2v) is 12.2. The van der Waals surface area contributed by atoms with E-state index in [9.17, 15) is 13.2 Å². The standard InChI is InChI=1S/C13H18ClF3N2OSi/c1-21(2,3)7-6-20-8-19-5-4-9-10(14)11(13(15,16)17)18-12(9)19/h4-5,18H,6-8H2,1-3H3. The van der Waals surface area contributed by atoms with E-state index in [-0.39, 0.29) is 11.8 Å². The molecule has 0 spiro atoms. The molecule has 0 radical (unpaired) electrons. The van der Waals surface area contributed by atoms with E-state index in [4.69, 9.17) is 16.3 Å². The molecule has 0 bridgehead atoms. The number of nitrogens with zero attached hydrogens (tertiary/aromatic N) is 1. The normalized spacial score (nSPS) is 13.3. The molecule has 118 valence electrons. The maximum absolute atomic E-state index is 12.8. The molecule has 0 aliphatic heterocycles. The molecule has 0 atom stereocenters. The fourth-order valence-corrected chi connectivity index (χ4v) is 3.00. The van der Waals surface area contributed by atoms with Crippen molar-refractivity contribution in [3.63, 3.8) is 0 Å². The van der Waals surface area contributed by atoms with Gasteiger partial charge in [0.25, 0.3) is 0 Å². The summed E-state index contributed by atoms with van der Waals surface area (Å²) in [5, 5.41) is 0.0659.